The van der Waals surface area contributed by atoms with Crippen molar-refractivity contribution in [2.45, 2.75) is 38.2 Å². The maximum Gasteiger partial charge on any atom is 0.223 e. The maximum atomic E-state index is 12.0. The van der Waals surface area contributed by atoms with E-state index in [1.54, 1.807) is 7.11 Å². The number of benzene rings is 1. The minimum atomic E-state index is 0.183. The molecule has 0 heterocycles. The van der Waals surface area contributed by atoms with Crippen LogP contribution in [0, 0.1) is 5.92 Å². The van der Waals surface area contributed by atoms with Crippen LogP contribution in [0.1, 0.15) is 31.2 Å². The van der Waals surface area contributed by atoms with Crippen molar-refractivity contribution in [3.8, 4) is 0 Å². The largest absolute Gasteiger partial charge is 0.381 e. The van der Waals surface area contributed by atoms with Crippen molar-refractivity contribution >= 4 is 5.91 Å². The van der Waals surface area contributed by atoms with Gasteiger partial charge < -0.3 is 10.1 Å². The van der Waals surface area contributed by atoms with Gasteiger partial charge in [-0.1, -0.05) is 30.3 Å². The van der Waals surface area contributed by atoms with Crippen LogP contribution in [0.25, 0.3) is 0 Å². The number of rotatable bonds is 5. The zero-order valence-electron chi connectivity index (χ0n) is 11.6. The van der Waals surface area contributed by atoms with Crippen LogP contribution in [0.5, 0.6) is 0 Å². The van der Waals surface area contributed by atoms with Crippen LogP contribution < -0.4 is 5.32 Å². The molecule has 1 saturated carbocycles. The Morgan fingerprint density at radius 2 is 1.89 bits per heavy atom. The molecule has 1 aliphatic rings. The average molecular weight is 261 g/mol. The second kappa shape index (κ2) is 7.29. The lowest BCUT2D eigenvalue weighted by atomic mass is 9.87. The monoisotopic (exact) mass is 261 g/mol. The molecule has 1 fully saturated rings. The molecule has 1 aliphatic carbocycles. The first kappa shape index (κ1) is 14.1. The summed E-state index contributed by atoms with van der Waals surface area (Å²) in [5, 5.41) is 3.05. The van der Waals surface area contributed by atoms with Crippen molar-refractivity contribution in [2.24, 2.45) is 5.92 Å². The third-order valence-electron chi connectivity index (χ3n) is 3.93. The molecule has 0 unspecified atom stereocenters. The molecule has 3 heteroatoms. The first-order valence-electron chi connectivity index (χ1n) is 7.14. The lowest BCUT2D eigenvalue weighted by molar-refractivity contribution is -0.126. The normalized spacial score (nSPS) is 23.0. The smallest absolute Gasteiger partial charge is 0.223 e. The van der Waals surface area contributed by atoms with E-state index >= 15 is 0 Å². The van der Waals surface area contributed by atoms with Crippen LogP contribution in [0.3, 0.4) is 0 Å². The molecule has 3 nitrogen and oxygen atoms in total. The molecule has 0 radical (unpaired) electrons. The van der Waals surface area contributed by atoms with Gasteiger partial charge in [0.15, 0.2) is 0 Å². The van der Waals surface area contributed by atoms with Gasteiger partial charge in [0, 0.05) is 19.6 Å². The van der Waals surface area contributed by atoms with E-state index < -0.39 is 0 Å². The van der Waals surface area contributed by atoms with E-state index in [1.807, 2.05) is 18.2 Å². The molecule has 0 aromatic heterocycles. The summed E-state index contributed by atoms with van der Waals surface area (Å²) in [6, 6.07) is 10.3. The molecule has 104 valence electrons. The highest BCUT2D eigenvalue weighted by molar-refractivity contribution is 5.78. The molecule has 0 aliphatic heterocycles. The summed E-state index contributed by atoms with van der Waals surface area (Å²) in [7, 11) is 1.75. The zero-order chi connectivity index (χ0) is 13.5. The molecule has 1 amide bonds. The van der Waals surface area contributed by atoms with E-state index in [9.17, 15) is 4.79 Å². The van der Waals surface area contributed by atoms with E-state index in [0.717, 1.165) is 38.6 Å². The Morgan fingerprint density at radius 3 is 2.53 bits per heavy atom. The highest BCUT2D eigenvalue weighted by Crippen LogP contribution is 2.25. The van der Waals surface area contributed by atoms with Gasteiger partial charge in [-0.3, -0.25) is 4.79 Å². The van der Waals surface area contributed by atoms with Crippen molar-refractivity contribution in [1.82, 2.24) is 5.32 Å². The van der Waals surface area contributed by atoms with Crippen molar-refractivity contribution in [3.05, 3.63) is 35.9 Å². The van der Waals surface area contributed by atoms with Crippen LogP contribution >= 0.6 is 0 Å². The Morgan fingerprint density at radius 1 is 1.21 bits per heavy atom. The lowest BCUT2D eigenvalue weighted by Gasteiger charge is -2.26. The summed E-state index contributed by atoms with van der Waals surface area (Å²) in [6.07, 6.45) is 5.18. The number of carbonyl (C=O) groups excluding carboxylic acids is 1. The first-order chi connectivity index (χ1) is 9.29. The SMILES string of the molecule is COC1CCC(C(=O)NCCc2ccccc2)CC1. The number of amides is 1. The van der Waals surface area contributed by atoms with Crippen molar-refractivity contribution < 1.29 is 9.53 Å². The van der Waals surface area contributed by atoms with Crippen molar-refractivity contribution in [3.63, 3.8) is 0 Å². The van der Waals surface area contributed by atoms with Crippen molar-refractivity contribution in [1.29, 1.82) is 0 Å². The van der Waals surface area contributed by atoms with Gasteiger partial charge in [0.05, 0.1) is 6.10 Å². The molecular weight excluding hydrogens is 238 g/mol. The number of carbonyl (C=O) groups is 1. The highest BCUT2D eigenvalue weighted by atomic mass is 16.5. The van der Waals surface area contributed by atoms with Crippen LogP contribution in [-0.4, -0.2) is 25.7 Å². The molecule has 1 N–H and O–H groups in total. The zero-order valence-corrected chi connectivity index (χ0v) is 11.6. The van der Waals surface area contributed by atoms with Crippen molar-refractivity contribution in [2.75, 3.05) is 13.7 Å². The lowest BCUT2D eigenvalue weighted by Crippen LogP contribution is -2.35. The summed E-state index contributed by atoms with van der Waals surface area (Å²) in [4.78, 5) is 12.0. The standard InChI is InChI=1S/C16H23NO2/c1-19-15-9-7-14(8-10-15)16(18)17-12-11-13-5-3-2-4-6-13/h2-6,14-15H,7-12H2,1H3,(H,17,18). The Balaban J connectivity index is 1.67. The molecule has 0 atom stereocenters. The number of ether oxygens (including phenoxy) is 1. The van der Waals surface area contributed by atoms with Gasteiger partial charge >= 0.3 is 0 Å². The van der Waals surface area contributed by atoms with Gasteiger partial charge in [-0.25, -0.2) is 0 Å². The molecular formula is C16H23NO2. The predicted molar refractivity (Wildman–Crippen MR) is 75.9 cm³/mol. The third kappa shape index (κ3) is 4.35. The van der Waals surface area contributed by atoms with Crippen LogP contribution in [0.2, 0.25) is 0 Å². The molecule has 1 aromatic carbocycles. The minimum absolute atomic E-state index is 0.183. The fraction of sp³-hybridized carbons (Fsp3) is 0.562. The summed E-state index contributed by atoms with van der Waals surface area (Å²) in [6.45, 7) is 0.729. The van der Waals surface area contributed by atoms with Gasteiger partial charge in [-0.05, 0) is 37.7 Å². The van der Waals surface area contributed by atoms with E-state index in [-0.39, 0.29) is 11.8 Å². The third-order valence-corrected chi connectivity index (χ3v) is 3.93. The van der Waals surface area contributed by atoms with Gasteiger partial charge in [0.1, 0.15) is 0 Å². The summed E-state index contributed by atoms with van der Waals surface area (Å²) in [5.41, 5.74) is 1.27. The van der Waals surface area contributed by atoms with E-state index in [0.29, 0.717) is 6.10 Å². The number of hydrogen-bond acceptors (Lipinski definition) is 2. The maximum absolute atomic E-state index is 12.0. The van der Waals surface area contributed by atoms with E-state index in [1.165, 1.54) is 5.56 Å². The second-order valence-corrected chi connectivity index (χ2v) is 5.24. The second-order valence-electron chi connectivity index (χ2n) is 5.24. The molecule has 0 saturated heterocycles. The Bertz CT molecular complexity index is 383. The highest BCUT2D eigenvalue weighted by Gasteiger charge is 2.25. The Hall–Kier alpha value is -1.35. The Labute approximate surface area is 115 Å². The average Bonchev–Trinajstić information content (AvgIpc) is 2.48. The molecule has 1 aromatic rings. The first-order valence-corrected chi connectivity index (χ1v) is 7.14. The van der Waals surface area contributed by atoms with Gasteiger partial charge in [-0.2, -0.15) is 0 Å². The summed E-state index contributed by atoms with van der Waals surface area (Å²) in [5.74, 6) is 0.396. The van der Waals surface area contributed by atoms with E-state index in [4.69, 9.17) is 4.74 Å². The van der Waals surface area contributed by atoms with Gasteiger partial charge in [0.2, 0.25) is 5.91 Å². The van der Waals surface area contributed by atoms with Gasteiger partial charge in [-0.15, -0.1) is 0 Å². The van der Waals surface area contributed by atoms with Crippen LogP contribution in [0.15, 0.2) is 30.3 Å². The molecule has 0 spiro atoms. The minimum Gasteiger partial charge on any atom is -0.381 e. The molecule has 19 heavy (non-hydrogen) atoms. The number of methoxy groups -OCH3 is 1. The number of hydrogen-bond donors (Lipinski definition) is 1. The summed E-state index contributed by atoms with van der Waals surface area (Å²) >= 11 is 0. The molecule has 0 bridgehead atoms. The number of nitrogens with one attached hydrogen (secondary N) is 1. The quantitative estimate of drug-likeness (QED) is 0.884. The van der Waals surface area contributed by atoms with E-state index in [2.05, 4.69) is 17.4 Å². The summed E-state index contributed by atoms with van der Waals surface area (Å²) < 4.78 is 5.33. The molecule has 2 rings (SSSR count). The van der Waals surface area contributed by atoms with Crippen LogP contribution in [-0.2, 0) is 16.0 Å². The van der Waals surface area contributed by atoms with Gasteiger partial charge in [0.25, 0.3) is 0 Å². The Kier molecular flexibility index (Phi) is 5.40. The fourth-order valence-corrected chi connectivity index (χ4v) is 2.68. The van der Waals surface area contributed by atoms with Crippen LogP contribution in [0.4, 0.5) is 0 Å². The predicted octanol–water partition coefficient (Wildman–Crippen LogP) is 2.55. The fourth-order valence-electron chi connectivity index (χ4n) is 2.68. The topological polar surface area (TPSA) is 38.3 Å².